The molecule has 0 aliphatic heterocycles. The Morgan fingerprint density at radius 1 is 1.22 bits per heavy atom. The summed E-state index contributed by atoms with van der Waals surface area (Å²) >= 11 is 9.40. The fraction of sp³-hybridized carbons (Fsp3) is 0.125. The van der Waals surface area contributed by atoms with E-state index in [4.69, 9.17) is 21.1 Å². The van der Waals surface area contributed by atoms with Crippen molar-refractivity contribution in [2.45, 2.75) is 0 Å². The molecule has 0 radical (unpaired) electrons. The highest BCUT2D eigenvalue weighted by atomic mass is 79.9. The van der Waals surface area contributed by atoms with Crippen LogP contribution in [0.25, 0.3) is 0 Å². The lowest BCUT2D eigenvalue weighted by Crippen LogP contribution is -2.18. The number of hydrogen-bond donors (Lipinski definition) is 1. The summed E-state index contributed by atoms with van der Waals surface area (Å²) in [6.07, 6.45) is 1.46. The van der Waals surface area contributed by atoms with Crippen LogP contribution in [0.3, 0.4) is 0 Å². The van der Waals surface area contributed by atoms with Crippen LogP contribution in [0.4, 0.5) is 0 Å². The maximum absolute atomic E-state index is 12.0. The largest absolute Gasteiger partial charge is 0.496 e. The average molecular weight is 398 g/mol. The standard InChI is InChI=1S/C16H14BrClN2O3/c1-22-14-8-15(23-2)13(18)7-10(14)9-19-20-16(21)11-5-3-4-6-12(11)17/h3-9H,1-2H3,(H,20,21)/b19-9+. The van der Waals surface area contributed by atoms with E-state index in [-0.39, 0.29) is 5.91 Å². The zero-order valence-electron chi connectivity index (χ0n) is 12.5. The zero-order valence-corrected chi connectivity index (χ0v) is 14.8. The molecular formula is C16H14BrClN2O3. The van der Waals surface area contributed by atoms with Gasteiger partial charge in [0.1, 0.15) is 11.5 Å². The molecule has 0 spiro atoms. The van der Waals surface area contributed by atoms with Gasteiger partial charge >= 0.3 is 0 Å². The normalized spacial score (nSPS) is 10.6. The molecular weight excluding hydrogens is 384 g/mol. The molecule has 1 N–H and O–H groups in total. The second kappa shape index (κ2) is 7.99. The summed E-state index contributed by atoms with van der Waals surface area (Å²) in [4.78, 5) is 12.0. The molecule has 0 aromatic heterocycles. The second-order valence-corrected chi connectivity index (χ2v) is 5.67. The van der Waals surface area contributed by atoms with Crippen molar-refractivity contribution in [2.75, 3.05) is 14.2 Å². The minimum absolute atomic E-state index is 0.327. The van der Waals surface area contributed by atoms with Crippen LogP contribution in [0.15, 0.2) is 46.0 Å². The van der Waals surface area contributed by atoms with Gasteiger partial charge in [-0.25, -0.2) is 5.43 Å². The van der Waals surface area contributed by atoms with Gasteiger partial charge in [-0.3, -0.25) is 4.79 Å². The van der Waals surface area contributed by atoms with E-state index in [2.05, 4.69) is 26.5 Å². The van der Waals surface area contributed by atoms with Crippen molar-refractivity contribution in [1.29, 1.82) is 0 Å². The highest BCUT2D eigenvalue weighted by molar-refractivity contribution is 9.10. The first-order chi connectivity index (χ1) is 11.1. The number of amides is 1. The molecule has 2 rings (SSSR count). The number of halogens is 2. The number of carbonyl (C=O) groups is 1. The summed E-state index contributed by atoms with van der Waals surface area (Å²) in [6, 6.07) is 10.4. The predicted molar refractivity (Wildman–Crippen MR) is 93.8 cm³/mol. The van der Waals surface area contributed by atoms with E-state index in [0.29, 0.717) is 32.1 Å². The first-order valence-electron chi connectivity index (χ1n) is 6.56. The summed E-state index contributed by atoms with van der Waals surface area (Å²) in [5, 5.41) is 4.36. The van der Waals surface area contributed by atoms with Gasteiger partial charge in [0.25, 0.3) is 5.91 Å². The first-order valence-corrected chi connectivity index (χ1v) is 7.73. The second-order valence-electron chi connectivity index (χ2n) is 4.41. The van der Waals surface area contributed by atoms with Gasteiger partial charge in [0.15, 0.2) is 0 Å². The molecule has 23 heavy (non-hydrogen) atoms. The molecule has 0 aliphatic rings. The van der Waals surface area contributed by atoms with Crippen LogP contribution in [0.1, 0.15) is 15.9 Å². The van der Waals surface area contributed by atoms with Crippen LogP contribution in [-0.4, -0.2) is 26.3 Å². The highest BCUT2D eigenvalue weighted by Gasteiger charge is 2.10. The lowest BCUT2D eigenvalue weighted by atomic mass is 10.2. The molecule has 0 saturated carbocycles. The van der Waals surface area contributed by atoms with E-state index in [1.807, 2.05) is 6.07 Å². The van der Waals surface area contributed by atoms with E-state index >= 15 is 0 Å². The van der Waals surface area contributed by atoms with Gasteiger partial charge in [0.05, 0.1) is 31.0 Å². The smallest absolute Gasteiger partial charge is 0.272 e. The third-order valence-corrected chi connectivity index (χ3v) is 3.98. The van der Waals surface area contributed by atoms with E-state index in [9.17, 15) is 4.79 Å². The van der Waals surface area contributed by atoms with Crippen LogP contribution in [0.2, 0.25) is 5.02 Å². The summed E-state index contributed by atoms with van der Waals surface area (Å²) in [5.41, 5.74) is 3.56. The Balaban J connectivity index is 2.16. The number of methoxy groups -OCH3 is 2. The monoisotopic (exact) mass is 396 g/mol. The fourth-order valence-electron chi connectivity index (χ4n) is 1.85. The van der Waals surface area contributed by atoms with Crippen molar-refractivity contribution in [3.05, 3.63) is 57.0 Å². The zero-order chi connectivity index (χ0) is 16.8. The van der Waals surface area contributed by atoms with Crippen molar-refractivity contribution in [3.8, 4) is 11.5 Å². The lowest BCUT2D eigenvalue weighted by Gasteiger charge is -2.09. The van der Waals surface area contributed by atoms with E-state index in [1.54, 1.807) is 30.3 Å². The van der Waals surface area contributed by atoms with Crippen molar-refractivity contribution < 1.29 is 14.3 Å². The number of ether oxygens (including phenoxy) is 2. The Labute approximate surface area is 147 Å². The average Bonchev–Trinajstić information content (AvgIpc) is 2.55. The molecule has 120 valence electrons. The Hall–Kier alpha value is -2.05. The van der Waals surface area contributed by atoms with Gasteiger partial charge in [-0.1, -0.05) is 23.7 Å². The number of nitrogens with one attached hydrogen (secondary N) is 1. The third-order valence-electron chi connectivity index (χ3n) is 2.99. The summed E-state index contributed by atoms with van der Waals surface area (Å²) < 4.78 is 11.1. The number of hydrogen-bond acceptors (Lipinski definition) is 4. The number of carbonyl (C=O) groups excluding carboxylic acids is 1. The number of hydrazone groups is 1. The Bertz CT molecular complexity index is 750. The molecule has 2 aromatic carbocycles. The molecule has 0 saturated heterocycles. The number of rotatable bonds is 5. The highest BCUT2D eigenvalue weighted by Crippen LogP contribution is 2.31. The van der Waals surface area contributed by atoms with Crippen LogP contribution in [0, 0.1) is 0 Å². The number of nitrogens with zero attached hydrogens (tertiary/aromatic N) is 1. The van der Waals surface area contributed by atoms with Gasteiger partial charge in [-0.05, 0) is 34.1 Å². The summed E-state index contributed by atoms with van der Waals surface area (Å²) in [6.45, 7) is 0. The van der Waals surface area contributed by atoms with E-state index < -0.39 is 0 Å². The number of benzene rings is 2. The molecule has 2 aromatic rings. The molecule has 0 fully saturated rings. The SMILES string of the molecule is COc1cc(OC)c(/C=N/NC(=O)c2ccccc2Br)cc1Cl. The maximum Gasteiger partial charge on any atom is 0.272 e. The molecule has 0 unspecified atom stereocenters. The van der Waals surface area contributed by atoms with Gasteiger partial charge in [0, 0.05) is 16.1 Å². The Kier molecular flexibility index (Phi) is 6.01. The topological polar surface area (TPSA) is 59.9 Å². The van der Waals surface area contributed by atoms with E-state index in [1.165, 1.54) is 20.4 Å². The van der Waals surface area contributed by atoms with Crippen molar-refractivity contribution in [2.24, 2.45) is 5.10 Å². The van der Waals surface area contributed by atoms with Gasteiger partial charge in [-0.2, -0.15) is 5.10 Å². The third kappa shape index (κ3) is 4.24. The Morgan fingerprint density at radius 3 is 2.57 bits per heavy atom. The van der Waals surface area contributed by atoms with Crippen molar-refractivity contribution in [1.82, 2.24) is 5.43 Å². The molecule has 5 nitrogen and oxygen atoms in total. The fourth-order valence-corrected chi connectivity index (χ4v) is 2.56. The molecule has 0 heterocycles. The van der Waals surface area contributed by atoms with Crippen LogP contribution in [-0.2, 0) is 0 Å². The van der Waals surface area contributed by atoms with Crippen LogP contribution < -0.4 is 14.9 Å². The predicted octanol–water partition coefficient (Wildman–Crippen LogP) is 3.88. The molecule has 0 bridgehead atoms. The van der Waals surface area contributed by atoms with Gasteiger partial charge < -0.3 is 9.47 Å². The van der Waals surface area contributed by atoms with Crippen molar-refractivity contribution in [3.63, 3.8) is 0 Å². The van der Waals surface area contributed by atoms with Crippen molar-refractivity contribution >= 4 is 39.7 Å². The van der Waals surface area contributed by atoms with Gasteiger partial charge in [0.2, 0.25) is 0 Å². The van der Waals surface area contributed by atoms with Crippen LogP contribution >= 0.6 is 27.5 Å². The summed E-state index contributed by atoms with van der Waals surface area (Å²) in [7, 11) is 3.05. The van der Waals surface area contributed by atoms with E-state index in [0.717, 1.165) is 0 Å². The summed E-state index contributed by atoms with van der Waals surface area (Å²) in [5.74, 6) is 0.704. The molecule has 0 aliphatic carbocycles. The first kappa shape index (κ1) is 17.3. The quantitative estimate of drug-likeness (QED) is 0.615. The maximum atomic E-state index is 12.0. The lowest BCUT2D eigenvalue weighted by molar-refractivity contribution is 0.0954. The molecule has 0 atom stereocenters. The minimum atomic E-state index is -0.327. The van der Waals surface area contributed by atoms with Gasteiger partial charge in [-0.15, -0.1) is 0 Å². The van der Waals surface area contributed by atoms with Crippen LogP contribution in [0.5, 0.6) is 11.5 Å². The Morgan fingerprint density at radius 2 is 1.91 bits per heavy atom. The minimum Gasteiger partial charge on any atom is -0.496 e. The molecule has 7 heteroatoms. The molecule has 1 amide bonds.